The van der Waals surface area contributed by atoms with Gasteiger partial charge < -0.3 is 14.4 Å². The number of sulfonamides is 1. The highest BCUT2D eigenvalue weighted by Gasteiger charge is 2.34. The molecule has 0 spiro atoms. The Kier molecular flexibility index (Phi) is 7.49. The molecule has 8 nitrogen and oxygen atoms in total. The Bertz CT molecular complexity index is 1180. The molecule has 4 rings (SSSR count). The summed E-state index contributed by atoms with van der Waals surface area (Å²) in [4.78, 5) is 2.07. The summed E-state index contributed by atoms with van der Waals surface area (Å²) < 4.78 is 41.9. The third kappa shape index (κ3) is 5.69. The Hall–Kier alpha value is -2.88. The van der Waals surface area contributed by atoms with Crippen molar-refractivity contribution in [1.29, 1.82) is 0 Å². The first-order valence-corrected chi connectivity index (χ1v) is 13.2. The van der Waals surface area contributed by atoms with Crippen LogP contribution in [0, 0.1) is 0 Å². The maximum Gasteiger partial charge on any atom is 0.263 e. The van der Waals surface area contributed by atoms with Crippen LogP contribution >= 0.6 is 0 Å². The highest BCUT2D eigenvalue weighted by atomic mass is 32.2. The van der Waals surface area contributed by atoms with E-state index in [1.54, 1.807) is 20.3 Å². The molecule has 0 saturated heterocycles. The minimum absolute atomic E-state index is 0.0451. The van der Waals surface area contributed by atoms with Crippen molar-refractivity contribution in [1.82, 2.24) is 19.0 Å². The van der Waals surface area contributed by atoms with Crippen LogP contribution in [0.3, 0.4) is 0 Å². The van der Waals surface area contributed by atoms with Gasteiger partial charge in [-0.1, -0.05) is 24.3 Å². The Morgan fingerprint density at radius 3 is 1.83 bits per heavy atom. The second-order valence-electron chi connectivity index (χ2n) is 9.19. The number of rotatable bonds is 11. The van der Waals surface area contributed by atoms with E-state index in [9.17, 15) is 8.42 Å². The highest BCUT2D eigenvalue weighted by Crippen LogP contribution is 2.38. The molecule has 35 heavy (non-hydrogen) atoms. The second-order valence-corrected chi connectivity index (χ2v) is 11.1. The van der Waals surface area contributed by atoms with Crippen molar-refractivity contribution in [3.8, 4) is 11.5 Å². The lowest BCUT2D eigenvalue weighted by Gasteiger charge is -2.22. The standard InChI is InChI=1S/C26H34N4O4S/c1-19(28(2)3)25-16-26(27-30(25)22-10-11-22)35(31,32)29(17-20-6-12-23(33-4)13-7-20)18-21-8-14-24(34-5)15-9-21/h6-9,12-16,19,22H,10-11,17-18H2,1-5H3. The van der Waals surface area contributed by atoms with Gasteiger partial charge in [-0.15, -0.1) is 0 Å². The number of ether oxygens (including phenoxy) is 2. The molecule has 188 valence electrons. The molecular weight excluding hydrogens is 464 g/mol. The number of methoxy groups -OCH3 is 2. The van der Waals surface area contributed by atoms with Crippen LogP contribution in [-0.2, 0) is 23.1 Å². The van der Waals surface area contributed by atoms with Crippen LogP contribution in [0.1, 0.15) is 48.7 Å². The molecule has 1 fully saturated rings. The van der Waals surface area contributed by atoms with Crippen molar-refractivity contribution in [2.45, 2.75) is 50.0 Å². The van der Waals surface area contributed by atoms with Gasteiger partial charge in [0.15, 0.2) is 5.03 Å². The zero-order valence-electron chi connectivity index (χ0n) is 21.0. The molecule has 0 bridgehead atoms. The fraction of sp³-hybridized carbons (Fsp3) is 0.423. The van der Waals surface area contributed by atoms with Crippen molar-refractivity contribution in [3.05, 3.63) is 71.4 Å². The summed E-state index contributed by atoms with van der Waals surface area (Å²) in [6.07, 6.45) is 2.05. The van der Waals surface area contributed by atoms with Gasteiger partial charge in [-0.05, 0) is 69.3 Å². The second kappa shape index (κ2) is 10.4. The normalized spacial score (nSPS) is 14.9. The summed E-state index contributed by atoms with van der Waals surface area (Å²) >= 11 is 0. The van der Waals surface area contributed by atoms with Crippen molar-refractivity contribution < 1.29 is 17.9 Å². The predicted octanol–water partition coefficient (Wildman–Crippen LogP) is 4.25. The summed E-state index contributed by atoms with van der Waals surface area (Å²) in [5.74, 6) is 1.45. The maximum absolute atomic E-state index is 14.0. The molecular formula is C26H34N4O4S. The third-order valence-corrected chi connectivity index (χ3v) is 8.14. The van der Waals surface area contributed by atoms with E-state index in [1.165, 1.54) is 4.31 Å². The van der Waals surface area contributed by atoms with Crippen LogP contribution in [0.15, 0.2) is 59.6 Å². The molecule has 3 aromatic rings. The van der Waals surface area contributed by atoms with Gasteiger partial charge in [0, 0.05) is 25.2 Å². The average molecular weight is 499 g/mol. The van der Waals surface area contributed by atoms with Gasteiger partial charge in [0.2, 0.25) is 0 Å². The molecule has 1 aliphatic rings. The van der Waals surface area contributed by atoms with Crippen LogP contribution in [-0.4, -0.2) is 55.7 Å². The summed E-state index contributed by atoms with van der Waals surface area (Å²) in [6.45, 7) is 2.50. The minimum atomic E-state index is -3.88. The van der Waals surface area contributed by atoms with E-state index < -0.39 is 10.0 Å². The van der Waals surface area contributed by atoms with E-state index >= 15 is 0 Å². The van der Waals surface area contributed by atoms with Gasteiger partial charge in [-0.25, -0.2) is 8.42 Å². The molecule has 1 saturated carbocycles. The Balaban J connectivity index is 1.70. The van der Waals surface area contributed by atoms with Crippen molar-refractivity contribution in [2.24, 2.45) is 0 Å². The van der Waals surface area contributed by atoms with Gasteiger partial charge in [-0.2, -0.15) is 9.40 Å². The number of benzene rings is 2. The van der Waals surface area contributed by atoms with Crippen molar-refractivity contribution in [2.75, 3.05) is 28.3 Å². The van der Waals surface area contributed by atoms with Crippen molar-refractivity contribution >= 4 is 10.0 Å². The molecule has 1 unspecified atom stereocenters. The predicted molar refractivity (Wildman–Crippen MR) is 135 cm³/mol. The monoisotopic (exact) mass is 498 g/mol. The zero-order chi connectivity index (χ0) is 25.2. The Morgan fingerprint density at radius 2 is 1.43 bits per heavy atom. The molecule has 0 N–H and O–H groups in total. The number of hydrogen-bond acceptors (Lipinski definition) is 6. The molecule has 0 amide bonds. The summed E-state index contributed by atoms with van der Waals surface area (Å²) in [5, 5.41) is 4.72. The summed E-state index contributed by atoms with van der Waals surface area (Å²) in [6, 6.07) is 17.0. The molecule has 0 radical (unpaired) electrons. The zero-order valence-corrected chi connectivity index (χ0v) is 21.8. The molecule has 2 aromatic carbocycles. The topological polar surface area (TPSA) is 76.9 Å². The largest absolute Gasteiger partial charge is 0.497 e. The lowest BCUT2D eigenvalue weighted by molar-refractivity contribution is 0.303. The molecule has 1 atom stereocenters. The highest BCUT2D eigenvalue weighted by molar-refractivity contribution is 7.89. The first-order chi connectivity index (χ1) is 16.7. The maximum atomic E-state index is 14.0. The Labute approximate surface area is 208 Å². The first-order valence-electron chi connectivity index (χ1n) is 11.7. The fourth-order valence-corrected chi connectivity index (χ4v) is 5.29. The number of hydrogen-bond donors (Lipinski definition) is 0. The van der Waals surface area contributed by atoms with Gasteiger partial charge in [0.05, 0.1) is 26.0 Å². The average Bonchev–Trinajstić information content (AvgIpc) is 3.61. The van der Waals surface area contributed by atoms with E-state index in [2.05, 4.69) is 16.9 Å². The molecule has 1 aromatic heterocycles. The van der Waals surface area contributed by atoms with Gasteiger partial charge >= 0.3 is 0 Å². The van der Waals surface area contributed by atoms with Crippen LogP contribution < -0.4 is 9.47 Å². The van der Waals surface area contributed by atoms with Crippen molar-refractivity contribution in [3.63, 3.8) is 0 Å². The Morgan fingerprint density at radius 1 is 0.943 bits per heavy atom. The van der Waals surface area contributed by atoms with E-state index in [4.69, 9.17) is 9.47 Å². The smallest absolute Gasteiger partial charge is 0.263 e. The minimum Gasteiger partial charge on any atom is -0.497 e. The lowest BCUT2D eigenvalue weighted by Crippen LogP contribution is -2.30. The van der Waals surface area contributed by atoms with E-state index in [1.807, 2.05) is 67.3 Å². The SMILES string of the molecule is COc1ccc(CN(Cc2ccc(OC)cc2)S(=O)(=O)c2cc(C(C)N(C)C)n(C3CC3)n2)cc1. The first kappa shape index (κ1) is 25.2. The van der Waals surface area contributed by atoms with Crippen LogP contribution in [0.4, 0.5) is 0 Å². The van der Waals surface area contributed by atoms with E-state index in [-0.39, 0.29) is 30.2 Å². The third-order valence-electron chi connectivity index (χ3n) is 6.48. The van der Waals surface area contributed by atoms with Gasteiger partial charge in [0.25, 0.3) is 10.0 Å². The van der Waals surface area contributed by atoms with Gasteiger partial charge in [-0.3, -0.25) is 4.68 Å². The summed E-state index contributed by atoms with van der Waals surface area (Å²) in [7, 11) is 3.32. The van der Waals surface area contributed by atoms with Crippen LogP contribution in [0.5, 0.6) is 11.5 Å². The number of nitrogens with zero attached hydrogens (tertiary/aromatic N) is 4. The van der Waals surface area contributed by atoms with Crippen LogP contribution in [0.2, 0.25) is 0 Å². The molecule has 1 heterocycles. The van der Waals surface area contributed by atoms with E-state index in [0.29, 0.717) is 0 Å². The van der Waals surface area contributed by atoms with Crippen LogP contribution in [0.25, 0.3) is 0 Å². The van der Waals surface area contributed by atoms with E-state index in [0.717, 1.165) is 41.2 Å². The fourth-order valence-electron chi connectivity index (χ4n) is 3.93. The quantitative estimate of drug-likeness (QED) is 0.393. The molecule has 9 heteroatoms. The lowest BCUT2D eigenvalue weighted by atomic mass is 10.2. The van der Waals surface area contributed by atoms with Gasteiger partial charge in [0.1, 0.15) is 11.5 Å². The molecule has 0 aliphatic heterocycles. The summed E-state index contributed by atoms with van der Waals surface area (Å²) in [5.41, 5.74) is 2.66. The number of aromatic nitrogens is 2. The molecule has 1 aliphatic carbocycles.